The maximum Gasteiger partial charge on any atom is 0.0976 e. The fourth-order valence-electron chi connectivity index (χ4n) is 3.39. The third-order valence-electron chi connectivity index (χ3n) is 4.80. The molecule has 0 fully saturated rings. The number of aryl methyl sites for hydroxylation is 2. The molecule has 4 nitrogen and oxygen atoms in total. The summed E-state index contributed by atoms with van der Waals surface area (Å²) in [6.45, 7) is 6.56. The number of nitrogens with one attached hydrogen (secondary N) is 2. The first kappa shape index (κ1) is 21.0. The Balaban J connectivity index is 2.10. The van der Waals surface area contributed by atoms with Crippen molar-refractivity contribution in [3.05, 3.63) is 58.4 Å². The Bertz CT molecular complexity index is 737. The molecule has 27 heavy (non-hydrogen) atoms. The Hall–Kier alpha value is -2.27. The lowest BCUT2D eigenvalue weighted by molar-refractivity contribution is 0.341. The van der Waals surface area contributed by atoms with Gasteiger partial charge in [0.2, 0.25) is 0 Å². The van der Waals surface area contributed by atoms with Crippen LogP contribution >= 0.6 is 0 Å². The zero-order valence-corrected chi connectivity index (χ0v) is 17.0. The van der Waals surface area contributed by atoms with Gasteiger partial charge in [-0.15, -0.1) is 0 Å². The van der Waals surface area contributed by atoms with Crippen LogP contribution in [-0.2, 0) is 13.0 Å². The van der Waals surface area contributed by atoms with Crippen LogP contribution in [-0.4, -0.2) is 38.2 Å². The molecule has 5 heteroatoms. The normalized spacial score (nSPS) is 19.6. The van der Waals surface area contributed by atoms with Gasteiger partial charge >= 0.3 is 0 Å². The number of aliphatic imine (C=N–C) groups is 2. The summed E-state index contributed by atoms with van der Waals surface area (Å²) in [6, 6.07) is 4.49. The summed E-state index contributed by atoms with van der Waals surface area (Å²) in [7, 11) is 3.68. The SMILES string of the molecule is C/N=C\C1=NC=CC(NC)/C1=C\NCc1cc(C)c(CCC(C)F)c(C)c1. The Kier molecular flexibility index (Phi) is 7.92. The molecule has 0 radical (unpaired) electrons. The summed E-state index contributed by atoms with van der Waals surface area (Å²) in [6.07, 6.45) is 8.22. The molecular formula is C22H31FN4. The molecule has 0 amide bonds. The van der Waals surface area contributed by atoms with Crippen LogP contribution in [0.2, 0.25) is 0 Å². The van der Waals surface area contributed by atoms with Gasteiger partial charge in [0.15, 0.2) is 0 Å². The minimum absolute atomic E-state index is 0.108. The quantitative estimate of drug-likeness (QED) is 0.684. The van der Waals surface area contributed by atoms with Crippen molar-refractivity contribution in [2.75, 3.05) is 14.1 Å². The van der Waals surface area contributed by atoms with Gasteiger partial charge < -0.3 is 10.6 Å². The van der Waals surface area contributed by atoms with Gasteiger partial charge in [-0.1, -0.05) is 12.1 Å². The van der Waals surface area contributed by atoms with Crippen LogP contribution < -0.4 is 10.6 Å². The summed E-state index contributed by atoms with van der Waals surface area (Å²) < 4.78 is 13.2. The van der Waals surface area contributed by atoms with Gasteiger partial charge in [0, 0.05) is 37.8 Å². The molecule has 2 N–H and O–H groups in total. The average molecular weight is 371 g/mol. The van der Waals surface area contributed by atoms with Crippen LogP contribution in [0.3, 0.4) is 0 Å². The van der Waals surface area contributed by atoms with E-state index >= 15 is 0 Å². The van der Waals surface area contributed by atoms with Crippen LogP contribution in [0.4, 0.5) is 4.39 Å². The van der Waals surface area contributed by atoms with E-state index in [1.807, 2.05) is 19.3 Å². The second kappa shape index (κ2) is 10.2. The van der Waals surface area contributed by atoms with E-state index in [2.05, 4.69) is 46.6 Å². The van der Waals surface area contributed by atoms with E-state index < -0.39 is 6.17 Å². The van der Waals surface area contributed by atoms with E-state index in [4.69, 9.17) is 0 Å². The smallest absolute Gasteiger partial charge is 0.0976 e. The summed E-state index contributed by atoms with van der Waals surface area (Å²) >= 11 is 0. The number of benzene rings is 1. The fourth-order valence-corrected chi connectivity index (χ4v) is 3.39. The molecule has 1 aromatic rings. The Morgan fingerprint density at radius 2 is 2.00 bits per heavy atom. The predicted molar refractivity (Wildman–Crippen MR) is 114 cm³/mol. The summed E-state index contributed by atoms with van der Waals surface area (Å²) in [5.41, 5.74) is 6.86. The molecule has 1 aliphatic heterocycles. The van der Waals surface area contributed by atoms with E-state index in [0.29, 0.717) is 6.42 Å². The highest BCUT2D eigenvalue weighted by molar-refractivity contribution is 6.39. The van der Waals surface area contributed by atoms with E-state index in [1.54, 1.807) is 26.4 Å². The highest BCUT2D eigenvalue weighted by Gasteiger charge is 2.16. The predicted octanol–water partition coefficient (Wildman–Crippen LogP) is 3.82. The number of nitrogens with zero attached hydrogens (tertiary/aromatic N) is 2. The molecule has 0 aliphatic carbocycles. The van der Waals surface area contributed by atoms with Gasteiger partial charge in [-0.2, -0.15) is 0 Å². The molecular weight excluding hydrogens is 339 g/mol. The Morgan fingerprint density at radius 3 is 2.59 bits per heavy atom. The number of alkyl halides is 1. The molecule has 0 saturated carbocycles. The van der Waals surface area contributed by atoms with Crippen LogP contribution in [0.1, 0.15) is 35.6 Å². The van der Waals surface area contributed by atoms with Gasteiger partial charge in [0.25, 0.3) is 0 Å². The number of halogens is 1. The van der Waals surface area contributed by atoms with Crippen molar-refractivity contribution < 1.29 is 4.39 Å². The van der Waals surface area contributed by atoms with Crippen molar-refractivity contribution in [1.82, 2.24) is 10.6 Å². The van der Waals surface area contributed by atoms with Crippen LogP contribution in [0.25, 0.3) is 0 Å². The first-order chi connectivity index (χ1) is 13.0. The van der Waals surface area contributed by atoms with Gasteiger partial charge in [-0.3, -0.25) is 9.98 Å². The lowest BCUT2D eigenvalue weighted by atomic mass is 9.95. The molecule has 2 rings (SSSR count). The number of hydrogen-bond acceptors (Lipinski definition) is 4. The maximum absolute atomic E-state index is 13.2. The van der Waals surface area contributed by atoms with Crippen molar-refractivity contribution in [2.24, 2.45) is 9.98 Å². The number of hydrogen-bond donors (Lipinski definition) is 2. The molecule has 0 aromatic heterocycles. The minimum Gasteiger partial charge on any atom is -0.386 e. The molecule has 1 aromatic carbocycles. The first-order valence-corrected chi connectivity index (χ1v) is 9.47. The topological polar surface area (TPSA) is 48.8 Å². The van der Waals surface area contributed by atoms with Crippen LogP contribution in [0.15, 0.2) is 46.2 Å². The van der Waals surface area contributed by atoms with E-state index in [9.17, 15) is 4.39 Å². The number of rotatable bonds is 8. The van der Waals surface area contributed by atoms with Gasteiger partial charge in [-0.05, 0) is 69.0 Å². The Morgan fingerprint density at radius 1 is 1.30 bits per heavy atom. The van der Waals surface area contributed by atoms with Crippen molar-refractivity contribution in [3.63, 3.8) is 0 Å². The monoisotopic (exact) mass is 370 g/mol. The zero-order chi connectivity index (χ0) is 19.8. The van der Waals surface area contributed by atoms with E-state index in [-0.39, 0.29) is 6.04 Å². The van der Waals surface area contributed by atoms with E-state index in [0.717, 1.165) is 24.3 Å². The molecule has 2 unspecified atom stereocenters. The average Bonchev–Trinajstić information content (AvgIpc) is 2.62. The van der Waals surface area contributed by atoms with Gasteiger partial charge in [0.1, 0.15) is 0 Å². The largest absolute Gasteiger partial charge is 0.386 e. The second-order valence-electron chi connectivity index (χ2n) is 7.02. The second-order valence-corrected chi connectivity index (χ2v) is 7.02. The summed E-state index contributed by atoms with van der Waals surface area (Å²) in [4.78, 5) is 8.50. The standard InChI is InChI=1S/C22H31FN4/c1-15-10-18(11-16(2)19(15)7-6-17(3)23)12-26-13-20-21(25-5)8-9-27-22(20)14-24-4/h8-11,13-14,17,21,25-26H,6-7,12H2,1-5H3/b20-13+,24-14-. The van der Waals surface area contributed by atoms with Crippen LogP contribution in [0.5, 0.6) is 0 Å². The van der Waals surface area contributed by atoms with Crippen LogP contribution in [0, 0.1) is 13.8 Å². The van der Waals surface area contributed by atoms with Crippen molar-refractivity contribution in [2.45, 2.75) is 52.4 Å². The molecule has 0 saturated heterocycles. The van der Waals surface area contributed by atoms with Crippen molar-refractivity contribution in [3.8, 4) is 0 Å². The highest BCUT2D eigenvalue weighted by Crippen LogP contribution is 2.20. The highest BCUT2D eigenvalue weighted by atomic mass is 19.1. The molecule has 1 aliphatic rings. The van der Waals surface area contributed by atoms with Gasteiger partial charge in [0.05, 0.1) is 17.9 Å². The van der Waals surface area contributed by atoms with Gasteiger partial charge in [-0.25, -0.2) is 4.39 Å². The summed E-state index contributed by atoms with van der Waals surface area (Å²) in [5.74, 6) is 0. The Labute approximate surface area is 162 Å². The van der Waals surface area contributed by atoms with Crippen molar-refractivity contribution >= 4 is 11.9 Å². The summed E-state index contributed by atoms with van der Waals surface area (Å²) in [5, 5.41) is 6.68. The minimum atomic E-state index is -0.760. The molecule has 1 heterocycles. The maximum atomic E-state index is 13.2. The molecule has 2 atom stereocenters. The molecule has 0 spiro atoms. The first-order valence-electron chi connectivity index (χ1n) is 9.47. The lowest BCUT2D eigenvalue weighted by Crippen LogP contribution is -2.32. The molecule has 0 bridgehead atoms. The van der Waals surface area contributed by atoms with E-state index in [1.165, 1.54) is 22.3 Å². The third kappa shape index (κ3) is 5.86. The third-order valence-corrected chi connectivity index (χ3v) is 4.80. The fraction of sp³-hybridized carbons (Fsp3) is 0.455. The lowest BCUT2D eigenvalue weighted by Gasteiger charge is -2.20. The zero-order valence-electron chi connectivity index (χ0n) is 17.0. The number of likely N-dealkylation sites (N-methyl/N-ethyl adjacent to an activating group) is 1. The molecule has 146 valence electrons. The van der Waals surface area contributed by atoms with Crippen molar-refractivity contribution in [1.29, 1.82) is 0 Å².